The van der Waals surface area contributed by atoms with Crippen LogP contribution in [0, 0.1) is 11.8 Å². The van der Waals surface area contributed by atoms with Crippen molar-refractivity contribution in [1.82, 2.24) is 4.57 Å². The molecule has 1 heterocycles. The molecule has 0 spiro atoms. The number of aromatic nitrogens is 1. The van der Waals surface area contributed by atoms with Crippen molar-refractivity contribution in [2.75, 3.05) is 0 Å². The summed E-state index contributed by atoms with van der Waals surface area (Å²) in [6.07, 6.45) is 1.09. The molecule has 0 aliphatic rings. The van der Waals surface area contributed by atoms with Crippen molar-refractivity contribution in [1.29, 1.82) is 0 Å². The van der Waals surface area contributed by atoms with Crippen LogP contribution in [0.1, 0.15) is 39.0 Å². The van der Waals surface area contributed by atoms with Gasteiger partial charge in [-0.25, -0.2) is 4.99 Å². The van der Waals surface area contributed by atoms with E-state index in [1.165, 1.54) is 5.69 Å². The lowest BCUT2D eigenvalue weighted by Crippen LogP contribution is -2.21. The monoisotopic (exact) mass is 395 g/mol. The molecule has 5 heteroatoms. The molecule has 0 atom stereocenters. The number of nitrogens with two attached hydrogens (primary N) is 1. The van der Waals surface area contributed by atoms with Crippen LogP contribution in [0.15, 0.2) is 33.0 Å². The summed E-state index contributed by atoms with van der Waals surface area (Å²) in [6.45, 7) is 10.5. The zero-order valence-corrected chi connectivity index (χ0v) is 16.7. The van der Waals surface area contributed by atoms with E-state index in [4.69, 9.17) is 10.7 Å². The highest BCUT2D eigenvalue weighted by Gasteiger charge is 2.10. The van der Waals surface area contributed by atoms with Crippen LogP contribution >= 0.6 is 27.3 Å². The van der Waals surface area contributed by atoms with Gasteiger partial charge in [-0.1, -0.05) is 43.6 Å². The Bertz CT molecular complexity index is 713. The number of hydrogen-bond acceptors (Lipinski definition) is 3. The number of hydrogen-bond donors (Lipinski definition) is 1. The number of halogens is 1. The third-order valence-electron chi connectivity index (χ3n) is 3.52. The minimum atomic E-state index is 0.493. The highest BCUT2D eigenvalue weighted by atomic mass is 79.9. The predicted molar refractivity (Wildman–Crippen MR) is 103 cm³/mol. The van der Waals surface area contributed by atoms with Crippen molar-refractivity contribution in [3.8, 4) is 0 Å². The number of benzene rings is 1. The molecule has 2 rings (SSSR count). The van der Waals surface area contributed by atoms with Crippen LogP contribution in [0.4, 0.5) is 5.69 Å². The lowest BCUT2D eigenvalue weighted by molar-refractivity contribution is 0.486. The number of nitrogens with zero attached hydrogens (tertiary/aromatic N) is 2. The van der Waals surface area contributed by atoms with E-state index in [0.717, 1.165) is 33.5 Å². The second-order valence-corrected chi connectivity index (χ2v) is 8.45. The van der Waals surface area contributed by atoms with Gasteiger partial charge in [-0.15, -0.1) is 11.3 Å². The lowest BCUT2D eigenvalue weighted by Gasteiger charge is -2.13. The molecule has 0 bridgehead atoms. The van der Waals surface area contributed by atoms with Crippen LogP contribution in [0.2, 0.25) is 0 Å². The van der Waals surface area contributed by atoms with Gasteiger partial charge >= 0.3 is 0 Å². The molecule has 2 N–H and O–H groups in total. The molecule has 0 aliphatic heterocycles. The molecule has 0 aliphatic carbocycles. The Hall–Kier alpha value is -0.910. The SMILES string of the molecule is CC(C)Cc1csc(=Nc2ccc(Br)cc2CN)n1CC(C)C. The highest BCUT2D eigenvalue weighted by Crippen LogP contribution is 2.23. The van der Waals surface area contributed by atoms with E-state index < -0.39 is 0 Å². The summed E-state index contributed by atoms with van der Waals surface area (Å²) in [4.78, 5) is 5.98. The van der Waals surface area contributed by atoms with Gasteiger partial charge in [0.25, 0.3) is 0 Å². The second-order valence-electron chi connectivity index (χ2n) is 6.70. The van der Waals surface area contributed by atoms with E-state index in [2.05, 4.69) is 53.6 Å². The normalized spacial score (nSPS) is 12.6. The van der Waals surface area contributed by atoms with E-state index in [-0.39, 0.29) is 0 Å². The molecular weight excluding hydrogens is 370 g/mol. The molecule has 23 heavy (non-hydrogen) atoms. The van der Waals surface area contributed by atoms with E-state index in [0.29, 0.717) is 18.4 Å². The third kappa shape index (κ3) is 5.03. The standard InChI is InChI=1S/C18H26BrN3S/c1-12(2)7-16-11-23-18(22(16)10-13(3)4)21-17-6-5-15(19)8-14(17)9-20/h5-6,8,11-13H,7,9-10,20H2,1-4H3. The van der Waals surface area contributed by atoms with Crippen LogP contribution in [-0.4, -0.2) is 4.57 Å². The van der Waals surface area contributed by atoms with Crippen LogP contribution in [0.3, 0.4) is 0 Å². The molecule has 0 radical (unpaired) electrons. The van der Waals surface area contributed by atoms with Gasteiger partial charge in [-0.05, 0) is 42.0 Å². The first kappa shape index (κ1) is 18.4. The molecule has 1 aromatic carbocycles. The molecule has 0 fully saturated rings. The van der Waals surface area contributed by atoms with Crippen LogP contribution in [0.5, 0.6) is 0 Å². The van der Waals surface area contributed by atoms with Crippen molar-refractivity contribution >= 4 is 33.0 Å². The maximum absolute atomic E-state index is 5.88. The minimum Gasteiger partial charge on any atom is -0.326 e. The summed E-state index contributed by atoms with van der Waals surface area (Å²) in [5.41, 5.74) is 9.29. The van der Waals surface area contributed by atoms with Crippen LogP contribution < -0.4 is 10.5 Å². The summed E-state index contributed by atoms with van der Waals surface area (Å²) >= 11 is 5.22. The average Bonchev–Trinajstić information content (AvgIpc) is 2.82. The Morgan fingerprint density at radius 2 is 1.96 bits per heavy atom. The topological polar surface area (TPSA) is 43.3 Å². The Labute approximate surface area is 151 Å². The summed E-state index contributed by atoms with van der Waals surface area (Å²) < 4.78 is 3.41. The molecular formula is C18H26BrN3S. The molecule has 126 valence electrons. The van der Waals surface area contributed by atoms with Gasteiger partial charge in [-0.3, -0.25) is 0 Å². The van der Waals surface area contributed by atoms with Crippen molar-refractivity contribution in [2.45, 2.75) is 47.2 Å². The minimum absolute atomic E-state index is 0.493. The number of rotatable bonds is 6. The maximum Gasteiger partial charge on any atom is 0.190 e. The zero-order valence-electron chi connectivity index (χ0n) is 14.3. The second kappa shape index (κ2) is 8.27. The smallest absolute Gasteiger partial charge is 0.190 e. The van der Waals surface area contributed by atoms with Gasteiger partial charge < -0.3 is 10.3 Å². The van der Waals surface area contributed by atoms with E-state index in [9.17, 15) is 0 Å². The first-order valence-corrected chi connectivity index (χ1v) is 9.78. The largest absolute Gasteiger partial charge is 0.326 e. The molecule has 0 unspecified atom stereocenters. The van der Waals surface area contributed by atoms with Gasteiger partial charge in [0.15, 0.2) is 4.80 Å². The number of thiazole rings is 1. The fraction of sp³-hybridized carbons (Fsp3) is 0.500. The van der Waals surface area contributed by atoms with Crippen LogP contribution in [-0.2, 0) is 19.5 Å². The molecule has 0 amide bonds. The van der Waals surface area contributed by atoms with Crippen molar-refractivity contribution in [3.05, 3.63) is 44.1 Å². The summed E-state index contributed by atoms with van der Waals surface area (Å²) in [7, 11) is 0. The van der Waals surface area contributed by atoms with Gasteiger partial charge in [-0.2, -0.15) is 0 Å². The maximum atomic E-state index is 5.88. The van der Waals surface area contributed by atoms with Gasteiger partial charge in [0.05, 0.1) is 5.69 Å². The Morgan fingerprint density at radius 3 is 2.57 bits per heavy atom. The predicted octanol–water partition coefficient (Wildman–Crippen LogP) is 4.86. The van der Waals surface area contributed by atoms with E-state index in [1.54, 1.807) is 11.3 Å². The Balaban J connectivity index is 2.51. The average molecular weight is 396 g/mol. The molecule has 3 nitrogen and oxygen atoms in total. The molecule has 2 aromatic rings. The first-order valence-electron chi connectivity index (χ1n) is 8.11. The highest BCUT2D eigenvalue weighted by molar-refractivity contribution is 9.10. The van der Waals surface area contributed by atoms with Gasteiger partial charge in [0, 0.05) is 28.6 Å². The quantitative estimate of drug-likeness (QED) is 0.745. The fourth-order valence-electron chi connectivity index (χ4n) is 2.52. The van der Waals surface area contributed by atoms with E-state index in [1.807, 2.05) is 18.2 Å². The van der Waals surface area contributed by atoms with Crippen LogP contribution in [0.25, 0.3) is 0 Å². The van der Waals surface area contributed by atoms with E-state index >= 15 is 0 Å². The van der Waals surface area contributed by atoms with Crippen molar-refractivity contribution in [2.24, 2.45) is 22.6 Å². The third-order valence-corrected chi connectivity index (χ3v) is 4.93. The first-order chi connectivity index (χ1) is 10.9. The summed E-state index contributed by atoms with van der Waals surface area (Å²) in [6, 6.07) is 6.11. The Kier molecular flexibility index (Phi) is 6.62. The van der Waals surface area contributed by atoms with Crippen molar-refractivity contribution in [3.63, 3.8) is 0 Å². The summed E-state index contributed by atoms with van der Waals surface area (Å²) in [5.74, 6) is 1.23. The lowest BCUT2D eigenvalue weighted by atomic mass is 10.1. The zero-order chi connectivity index (χ0) is 17.0. The molecule has 1 aromatic heterocycles. The van der Waals surface area contributed by atoms with Gasteiger partial charge in [0.2, 0.25) is 0 Å². The molecule has 0 saturated carbocycles. The van der Waals surface area contributed by atoms with Gasteiger partial charge in [0.1, 0.15) is 0 Å². The molecule has 0 saturated heterocycles. The fourth-order valence-corrected chi connectivity index (χ4v) is 3.87. The summed E-state index contributed by atoms with van der Waals surface area (Å²) in [5, 5.41) is 2.25. The Morgan fingerprint density at radius 1 is 1.22 bits per heavy atom. The van der Waals surface area contributed by atoms with Crippen molar-refractivity contribution < 1.29 is 0 Å².